The standard InChI is InChI=1S/C22H28O3/c1-3-9-17-13-8-14-21(19(17)10-4-2)20(15-16-25-22(23)24)18-11-6-5-7-12-18/h5-8,11-14,20H,3-4,9-10,15-16H2,1-2H3,(H,23,24). The van der Waals surface area contributed by atoms with E-state index in [2.05, 4.69) is 44.2 Å². The van der Waals surface area contributed by atoms with E-state index in [1.165, 1.54) is 22.3 Å². The summed E-state index contributed by atoms with van der Waals surface area (Å²) in [5, 5.41) is 8.80. The minimum atomic E-state index is -1.21. The number of carbonyl (C=O) groups is 1. The van der Waals surface area contributed by atoms with Gasteiger partial charge in [-0.25, -0.2) is 4.79 Å². The van der Waals surface area contributed by atoms with Crippen molar-refractivity contribution in [1.29, 1.82) is 0 Å². The van der Waals surface area contributed by atoms with E-state index in [9.17, 15) is 4.79 Å². The van der Waals surface area contributed by atoms with Crippen LogP contribution in [-0.4, -0.2) is 17.9 Å². The van der Waals surface area contributed by atoms with E-state index in [1.54, 1.807) is 0 Å². The van der Waals surface area contributed by atoms with Crippen molar-refractivity contribution in [2.75, 3.05) is 6.61 Å². The summed E-state index contributed by atoms with van der Waals surface area (Å²) in [6, 6.07) is 16.9. The van der Waals surface area contributed by atoms with Crippen molar-refractivity contribution < 1.29 is 14.6 Å². The van der Waals surface area contributed by atoms with Gasteiger partial charge in [0.1, 0.15) is 0 Å². The molecule has 1 unspecified atom stereocenters. The summed E-state index contributed by atoms with van der Waals surface area (Å²) in [5.41, 5.74) is 5.37. The van der Waals surface area contributed by atoms with Gasteiger partial charge in [-0.05, 0) is 41.5 Å². The third-order valence-corrected chi connectivity index (χ3v) is 4.54. The molecule has 0 amide bonds. The summed E-state index contributed by atoms with van der Waals surface area (Å²) in [6.07, 6.45) is 3.80. The highest BCUT2D eigenvalue weighted by Crippen LogP contribution is 2.33. The average Bonchev–Trinajstić information content (AvgIpc) is 2.61. The summed E-state index contributed by atoms with van der Waals surface area (Å²) in [4.78, 5) is 10.7. The van der Waals surface area contributed by atoms with Crippen LogP contribution in [0, 0.1) is 0 Å². The Morgan fingerprint density at radius 1 is 1.00 bits per heavy atom. The molecule has 1 N–H and O–H groups in total. The van der Waals surface area contributed by atoms with Gasteiger partial charge in [-0.15, -0.1) is 0 Å². The lowest BCUT2D eigenvalue weighted by Crippen LogP contribution is -2.12. The van der Waals surface area contributed by atoms with Crippen molar-refractivity contribution in [1.82, 2.24) is 0 Å². The van der Waals surface area contributed by atoms with Crippen LogP contribution in [0.1, 0.15) is 61.3 Å². The van der Waals surface area contributed by atoms with Crippen LogP contribution in [0.25, 0.3) is 0 Å². The molecule has 0 radical (unpaired) electrons. The fraction of sp³-hybridized carbons (Fsp3) is 0.409. The molecule has 1 atom stereocenters. The van der Waals surface area contributed by atoms with Crippen LogP contribution < -0.4 is 0 Å². The molecule has 0 aliphatic heterocycles. The van der Waals surface area contributed by atoms with E-state index in [0.29, 0.717) is 6.42 Å². The highest BCUT2D eigenvalue weighted by atomic mass is 16.7. The molecular weight excluding hydrogens is 312 g/mol. The van der Waals surface area contributed by atoms with E-state index in [-0.39, 0.29) is 12.5 Å². The predicted molar refractivity (Wildman–Crippen MR) is 101 cm³/mol. The lowest BCUT2D eigenvalue weighted by atomic mass is 9.82. The number of aryl methyl sites for hydroxylation is 1. The van der Waals surface area contributed by atoms with Gasteiger partial charge in [0.2, 0.25) is 0 Å². The Bertz CT molecular complexity index is 664. The zero-order chi connectivity index (χ0) is 18.1. The molecule has 0 saturated carbocycles. The van der Waals surface area contributed by atoms with Crippen molar-refractivity contribution in [3.63, 3.8) is 0 Å². The van der Waals surface area contributed by atoms with Gasteiger partial charge in [-0.1, -0.05) is 75.2 Å². The maximum atomic E-state index is 10.7. The quantitative estimate of drug-likeness (QED) is 0.586. The summed E-state index contributed by atoms with van der Waals surface area (Å²) >= 11 is 0. The molecule has 0 fully saturated rings. The monoisotopic (exact) mass is 340 g/mol. The molecule has 25 heavy (non-hydrogen) atoms. The molecule has 2 aromatic carbocycles. The van der Waals surface area contributed by atoms with Gasteiger partial charge in [0.05, 0.1) is 6.61 Å². The van der Waals surface area contributed by atoms with E-state index >= 15 is 0 Å². The van der Waals surface area contributed by atoms with E-state index < -0.39 is 6.16 Å². The maximum Gasteiger partial charge on any atom is 0.505 e. The number of ether oxygens (including phenoxy) is 1. The Hall–Kier alpha value is -2.29. The first-order valence-corrected chi connectivity index (χ1v) is 9.18. The molecule has 0 aliphatic rings. The van der Waals surface area contributed by atoms with Crippen LogP contribution in [0.3, 0.4) is 0 Å². The maximum absolute atomic E-state index is 10.7. The Labute approximate surface area is 150 Å². The second kappa shape index (κ2) is 9.87. The topological polar surface area (TPSA) is 46.5 Å². The van der Waals surface area contributed by atoms with Crippen LogP contribution in [0.4, 0.5) is 4.79 Å². The van der Waals surface area contributed by atoms with Crippen LogP contribution in [0.5, 0.6) is 0 Å². The van der Waals surface area contributed by atoms with Gasteiger partial charge >= 0.3 is 6.16 Å². The largest absolute Gasteiger partial charge is 0.505 e. The fourth-order valence-corrected chi connectivity index (χ4v) is 3.49. The zero-order valence-electron chi connectivity index (χ0n) is 15.2. The van der Waals surface area contributed by atoms with Gasteiger partial charge in [-0.3, -0.25) is 0 Å². The van der Waals surface area contributed by atoms with Gasteiger partial charge in [0.15, 0.2) is 0 Å². The lowest BCUT2D eigenvalue weighted by molar-refractivity contribution is 0.0896. The molecule has 3 nitrogen and oxygen atoms in total. The molecule has 0 heterocycles. The van der Waals surface area contributed by atoms with Crippen molar-refractivity contribution in [3.05, 3.63) is 70.8 Å². The second-order valence-electron chi connectivity index (χ2n) is 6.35. The summed E-state index contributed by atoms with van der Waals surface area (Å²) in [7, 11) is 0. The molecule has 0 aromatic heterocycles. The third kappa shape index (κ3) is 5.35. The molecule has 2 aromatic rings. The molecule has 0 spiro atoms. The van der Waals surface area contributed by atoms with Crippen molar-refractivity contribution in [2.24, 2.45) is 0 Å². The molecule has 134 valence electrons. The Kier molecular flexibility index (Phi) is 7.52. The first-order chi connectivity index (χ1) is 12.2. The van der Waals surface area contributed by atoms with Gasteiger partial charge in [-0.2, -0.15) is 0 Å². The van der Waals surface area contributed by atoms with Crippen molar-refractivity contribution in [3.8, 4) is 0 Å². The number of benzene rings is 2. The van der Waals surface area contributed by atoms with E-state index in [1.807, 2.05) is 18.2 Å². The van der Waals surface area contributed by atoms with Crippen LogP contribution >= 0.6 is 0 Å². The number of hydrogen-bond donors (Lipinski definition) is 1. The number of carboxylic acid groups (broad SMARTS) is 1. The molecule has 3 heteroatoms. The van der Waals surface area contributed by atoms with Gasteiger partial charge in [0.25, 0.3) is 0 Å². The fourth-order valence-electron chi connectivity index (χ4n) is 3.49. The lowest BCUT2D eigenvalue weighted by Gasteiger charge is -2.23. The number of hydrogen-bond acceptors (Lipinski definition) is 2. The Morgan fingerprint density at radius 3 is 2.36 bits per heavy atom. The minimum absolute atomic E-state index is 0.152. The SMILES string of the molecule is CCCc1cccc(C(CCOC(=O)O)c2ccccc2)c1CCC. The number of rotatable bonds is 9. The molecular formula is C22H28O3. The summed E-state index contributed by atoms with van der Waals surface area (Å²) in [6.45, 7) is 4.62. The molecule has 0 aliphatic carbocycles. The van der Waals surface area contributed by atoms with Crippen molar-refractivity contribution >= 4 is 6.16 Å². The molecule has 2 rings (SSSR count). The summed E-state index contributed by atoms with van der Waals surface area (Å²) in [5.74, 6) is 0.152. The van der Waals surface area contributed by atoms with Crippen LogP contribution in [0.2, 0.25) is 0 Å². The minimum Gasteiger partial charge on any atom is -0.450 e. The molecule has 0 bridgehead atoms. The van der Waals surface area contributed by atoms with Gasteiger partial charge < -0.3 is 9.84 Å². The Balaban J connectivity index is 2.41. The highest BCUT2D eigenvalue weighted by molar-refractivity contribution is 5.56. The van der Waals surface area contributed by atoms with E-state index in [4.69, 9.17) is 9.84 Å². The third-order valence-electron chi connectivity index (χ3n) is 4.54. The normalized spacial score (nSPS) is 11.9. The second-order valence-corrected chi connectivity index (χ2v) is 6.35. The Morgan fingerprint density at radius 2 is 1.72 bits per heavy atom. The first kappa shape index (κ1) is 19.0. The van der Waals surface area contributed by atoms with Gasteiger partial charge in [0, 0.05) is 5.92 Å². The first-order valence-electron chi connectivity index (χ1n) is 9.18. The highest BCUT2D eigenvalue weighted by Gasteiger charge is 2.19. The predicted octanol–water partition coefficient (Wildman–Crippen LogP) is 5.81. The smallest absolute Gasteiger partial charge is 0.450 e. The average molecular weight is 340 g/mol. The van der Waals surface area contributed by atoms with Crippen LogP contribution in [-0.2, 0) is 17.6 Å². The van der Waals surface area contributed by atoms with Crippen molar-refractivity contribution in [2.45, 2.75) is 51.9 Å². The molecule has 0 saturated heterocycles. The van der Waals surface area contributed by atoms with E-state index in [0.717, 1.165) is 25.7 Å². The zero-order valence-corrected chi connectivity index (χ0v) is 15.2. The van der Waals surface area contributed by atoms with Crippen LogP contribution in [0.15, 0.2) is 48.5 Å². The summed E-state index contributed by atoms with van der Waals surface area (Å²) < 4.78 is 4.81.